The lowest BCUT2D eigenvalue weighted by Crippen LogP contribution is -2.42. The van der Waals surface area contributed by atoms with Crippen LogP contribution in [0.3, 0.4) is 0 Å². The Kier molecular flexibility index (Phi) is 5.58. The van der Waals surface area contributed by atoms with E-state index in [9.17, 15) is 4.79 Å². The predicted molar refractivity (Wildman–Crippen MR) is 99.7 cm³/mol. The number of nitrogens with zero attached hydrogens (tertiary/aromatic N) is 1. The van der Waals surface area contributed by atoms with Gasteiger partial charge in [-0.2, -0.15) is 0 Å². The number of carbonyl (C=O) groups is 1. The molecule has 0 saturated carbocycles. The average Bonchev–Trinajstić information content (AvgIpc) is 3.29. The zero-order chi connectivity index (χ0) is 18.4. The van der Waals surface area contributed by atoms with Crippen LogP contribution in [-0.4, -0.2) is 25.5 Å². The maximum absolute atomic E-state index is 11.9. The number of para-hydroxylation sites is 1. The average molecular weight is 354 g/mol. The van der Waals surface area contributed by atoms with E-state index in [1.807, 2.05) is 37.3 Å². The molecule has 0 aliphatic rings. The van der Waals surface area contributed by atoms with Crippen LogP contribution in [0.25, 0.3) is 11.0 Å². The first-order chi connectivity index (χ1) is 12.7. The molecular formula is C19H22N4O3. The Hall–Kier alpha value is -3.22. The minimum Gasteiger partial charge on any atom is -0.467 e. The van der Waals surface area contributed by atoms with E-state index in [-0.39, 0.29) is 12.5 Å². The number of rotatable bonds is 6. The molecule has 0 unspecified atom stereocenters. The molecule has 7 nitrogen and oxygen atoms in total. The van der Waals surface area contributed by atoms with E-state index >= 15 is 0 Å². The molecule has 0 fully saturated rings. The van der Waals surface area contributed by atoms with Gasteiger partial charge in [0, 0.05) is 18.0 Å². The number of aryl methyl sites for hydroxylation is 1. The summed E-state index contributed by atoms with van der Waals surface area (Å²) in [5.41, 5.74) is 1.96. The zero-order valence-corrected chi connectivity index (χ0v) is 14.8. The number of amides is 1. The number of nitrogens with one attached hydrogen (secondary N) is 3. The maximum atomic E-state index is 11.9. The Bertz CT molecular complexity index is 897. The van der Waals surface area contributed by atoms with Crippen molar-refractivity contribution in [3.63, 3.8) is 0 Å². The maximum Gasteiger partial charge on any atom is 0.239 e. The second-order valence-electron chi connectivity index (χ2n) is 5.78. The van der Waals surface area contributed by atoms with Gasteiger partial charge in [0.25, 0.3) is 0 Å². The van der Waals surface area contributed by atoms with E-state index in [2.05, 4.69) is 20.9 Å². The Morgan fingerprint density at radius 3 is 2.65 bits per heavy atom. The molecular weight excluding hydrogens is 332 g/mol. The molecule has 1 aromatic carbocycles. The molecule has 3 aromatic rings. The summed E-state index contributed by atoms with van der Waals surface area (Å²) in [7, 11) is 1.65. The molecule has 0 saturated heterocycles. The molecule has 0 aliphatic carbocycles. The van der Waals surface area contributed by atoms with E-state index in [1.165, 1.54) is 0 Å². The molecule has 0 radical (unpaired) electrons. The largest absolute Gasteiger partial charge is 0.467 e. The van der Waals surface area contributed by atoms with Crippen LogP contribution in [0.2, 0.25) is 0 Å². The molecule has 3 N–H and O–H groups in total. The fraction of sp³-hybridized carbons (Fsp3) is 0.263. The molecule has 0 aliphatic heterocycles. The molecule has 3 rings (SSSR count). The van der Waals surface area contributed by atoms with Crippen LogP contribution < -0.4 is 16.0 Å². The van der Waals surface area contributed by atoms with Gasteiger partial charge in [-0.05, 0) is 25.1 Å². The number of hydrogen-bond acceptors (Lipinski definition) is 4. The van der Waals surface area contributed by atoms with Crippen molar-refractivity contribution in [3.8, 4) is 0 Å². The van der Waals surface area contributed by atoms with Gasteiger partial charge in [0.2, 0.25) is 5.91 Å². The van der Waals surface area contributed by atoms with Gasteiger partial charge in [0.05, 0.1) is 25.9 Å². The highest BCUT2D eigenvalue weighted by Gasteiger charge is 2.11. The van der Waals surface area contributed by atoms with Crippen LogP contribution in [0.15, 0.2) is 56.5 Å². The molecule has 2 aromatic heterocycles. The van der Waals surface area contributed by atoms with Crippen LogP contribution in [-0.2, 0) is 17.9 Å². The second-order valence-corrected chi connectivity index (χ2v) is 5.78. The van der Waals surface area contributed by atoms with Crippen molar-refractivity contribution >= 4 is 22.8 Å². The molecule has 0 bridgehead atoms. The first kappa shape index (κ1) is 17.6. The van der Waals surface area contributed by atoms with Crippen molar-refractivity contribution in [2.75, 3.05) is 13.6 Å². The summed E-state index contributed by atoms with van der Waals surface area (Å²) in [5, 5.41) is 10.0. The number of benzene rings is 1. The highest BCUT2D eigenvalue weighted by molar-refractivity contribution is 5.86. The third-order valence-electron chi connectivity index (χ3n) is 4.04. The van der Waals surface area contributed by atoms with Crippen molar-refractivity contribution < 1.29 is 13.6 Å². The SMILES string of the molecule is CN=C(NCC(=O)NCc1ccco1)NCc1oc2ccccc2c1C. The van der Waals surface area contributed by atoms with Crippen LogP contribution >= 0.6 is 0 Å². The van der Waals surface area contributed by atoms with Crippen LogP contribution in [0.5, 0.6) is 0 Å². The van der Waals surface area contributed by atoms with Gasteiger partial charge >= 0.3 is 0 Å². The van der Waals surface area contributed by atoms with E-state index in [4.69, 9.17) is 8.83 Å². The summed E-state index contributed by atoms with van der Waals surface area (Å²) in [5.74, 6) is 1.93. The number of fused-ring (bicyclic) bond motifs is 1. The number of carbonyl (C=O) groups excluding carboxylic acids is 1. The van der Waals surface area contributed by atoms with E-state index in [0.717, 1.165) is 22.3 Å². The minimum absolute atomic E-state index is 0.111. The summed E-state index contributed by atoms with van der Waals surface area (Å²) in [4.78, 5) is 16.0. The smallest absolute Gasteiger partial charge is 0.239 e. The first-order valence-corrected chi connectivity index (χ1v) is 8.38. The van der Waals surface area contributed by atoms with Gasteiger partial charge in [-0.3, -0.25) is 9.79 Å². The zero-order valence-electron chi connectivity index (χ0n) is 14.8. The fourth-order valence-electron chi connectivity index (χ4n) is 2.60. The number of aliphatic imine (C=N–C) groups is 1. The minimum atomic E-state index is -0.149. The Morgan fingerprint density at radius 2 is 1.92 bits per heavy atom. The van der Waals surface area contributed by atoms with E-state index in [0.29, 0.717) is 24.8 Å². The lowest BCUT2D eigenvalue weighted by molar-refractivity contribution is -0.120. The van der Waals surface area contributed by atoms with Crippen LogP contribution in [0, 0.1) is 6.92 Å². The highest BCUT2D eigenvalue weighted by Crippen LogP contribution is 2.24. The quantitative estimate of drug-likeness (QED) is 0.467. The Labute approximate surface area is 151 Å². The van der Waals surface area contributed by atoms with Gasteiger partial charge in [-0.15, -0.1) is 0 Å². The lowest BCUT2D eigenvalue weighted by atomic mass is 10.1. The summed E-state index contributed by atoms with van der Waals surface area (Å²) in [6.07, 6.45) is 1.57. The van der Waals surface area contributed by atoms with Crippen molar-refractivity contribution in [2.24, 2.45) is 4.99 Å². The first-order valence-electron chi connectivity index (χ1n) is 8.38. The molecule has 1 amide bonds. The molecule has 0 atom stereocenters. The summed E-state index contributed by atoms with van der Waals surface area (Å²) in [6.45, 7) is 2.98. The fourth-order valence-corrected chi connectivity index (χ4v) is 2.60. The van der Waals surface area contributed by atoms with Gasteiger partial charge in [0.15, 0.2) is 5.96 Å². The number of guanidine groups is 1. The monoisotopic (exact) mass is 354 g/mol. The van der Waals surface area contributed by atoms with Crippen LogP contribution in [0.4, 0.5) is 0 Å². The van der Waals surface area contributed by atoms with Crippen molar-refractivity contribution in [2.45, 2.75) is 20.0 Å². The number of hydrogen-bond donors (Lipinski definition) is 3. The molecule has 7 heteroatoms. The van der Waals surface area contributed by atoms with E-state index in [1.54, 1.807) is 19.4 Å². The third kappa shape index (κ3) is 4.24. The van der Waals surface area contributed by atoms with Gasteiger partial charge in [0.1, 0.15) is 17.1 Å². The second kappa shape index (κ2) is 8.24. The van der Waals surface area contributed by atoms with Gasteiger partial charge in [-0.1, -0.05) is 18.2 Å². The van der Waals surface area contributed by atoms with Crippen molar-refractivity contribution in [1.29, 1.82) is 0 Å². The summed E-state index contributed by atoms with van der Waals surface area (Å²) >= 11 is 0. The Morgan fingerprint density at radius 1 is 1.08 bits per heavy atom. The highest BCUT2D eigenvalue weighted by atomic mass is 16.3. The van der Waals surface area contributed by atoms with Crippen LogP contribution in [0.1, 0.15) is 17.1 Å². The normalized spacial score (nSPS) is 11.5. The molecule has 0 spiro atoms. The van der Waals surface area contributed by atoms with Crippen molar-refractivity contribution in [1.82, 2.24) is 16.0 Å². The topological polar surface area (TPSA) is 91.8 Å². The molecule has 2 heterocycles. The van der Waals surface area contributed by atoms with Gasteiger partial charge in [-0.25, -0.2) is 0 Å². The third-order valence-corrected chi connectivity index (χ3v) is 4.04. The molecule has 26 heavy (non-hydrogen) atoms. The predicted octanol–water partition coefficient (Wildman–Crippen LogP) is 2.32. The summed E-state index contributed by atoms with van der Waals surface area (Å²) < 4.78 is 11.0. The molecule has 136 valence electrons. The standard InChI is InChI=1S/C19H22N4O3/c1-13-15-7-3-4-8-16(15)26-17(13)11-22-19(20-2)23-12-18(24)21-10-14-6-5-9-25-14/h3-9H,10-12H2,1-2H3,(H,21,24)(H2,20,22,23). The van der Waals surface area contributed by atoms with Crippen molar-refractivity contribution in [3.05, 3.63) is 59.7 Å². The lowest BCUT2D eigenvalue weighted by Gasteiger charge is -2.11. The Balaban J connectivity index is 1.48. The van der Waals surface area contributed by atoms with E-state index < -0.39 is 0 Å². The van der Waals surface area contributed by atoms with Gasteiger partial charge < -0.3 is 24.8 Å². The number of furan rings is 2. The summed E-state index contributed by atoms with van der Waals surface area (Å²) in [6, 6.07) is 11.5.